The van der Waals surface area contributed by atoms with E-state index in [9.17, 15) is 5.11 Å². The highest BCUT2D eigenvalue weighted by Crippen LogP contribution is 2.37. The maximum absolute atomic E-state index is 9.28. The lowest BCUT2D eigenvalue weighted by Crippen LogP contribution is -2.30. The Morgan fingerprint density at radius 2 is 2.00 bits per heavy atom. The number of ether oxygens (including phenoxy) is 1. The summed E-state index contributed by atoms with van der Waals surface area (Å²) >= 11 is 0. The molecule has 58 valence electrons. The fraction of sp³-hybridized carbons (Fsp3) is 1.00. The molecular formula is C8H14O2. The largest absolute Gasteiger partial charge is 0.393 e. The van der Waals surface area contributed by atoms with Gasteiger partial charge in [-0.1, -0.05) is 0 Å². The first-order valence-electron chi connectivity index (χ1n) is 4.16. The van der Waals surface area contributed by atoms with Crippen LogP contribution in [-0.4, -0.2) is 23.9 Å². The van der Waals surface area contributed by atoms with Gasteiger partial charge in [0.05, 0.1) is 12.2 Å². The molecular weight excluding hydrogens is 128 g/mol. The molecule has 1 N–H and O–H groups in total. The molecule has 1 saturated heterocycles. The van der Waals surface area contributed by atoms with Gasteiger partial charge in [-0.15, -0.1) is 0 Å². The van der Waals surface area contributed by atoms with Crippen molar-refractivity contribution in [3.63, 3.8) is 0 Å². The van der Waals surface area contributed by atoms with Crippen LogP contribution in [-0.2, 0) is 4.74 Å². The molecule has 1 aliphatic carbocycles. The zero-order valence-electron chi connectivity index (χ0n) is 6.12. The number of hydrogen-bond acceptors (Lipinski definition) is 2. The Balaban J connectivity index is 1.84. The highest BCUT2D eigenvalue weighted by Gasteiger charge is 2.35. The Labute approximate surface area is 61.2 Å². The molecule has 0 bridgehead atoms. The Morgan fingerprint density at radius 1 is 1.20 bits per heavy atom. The van der Waals surface area contributed by atoms with Crippen LogP contribution in [0.15, 0.2) is 0 Å². The Kier molecular flexibility index (Phi) is 1.66. The lowest BCUT2D eigenvalue weighted by Gasteiger charge is -2.26. The Morgan fingerprint density at radius 3 is 2.60 bits per heavy atom. The average molecular weight is 142 g/mol. The molecule has 2 aliphatic rings. The van der Waals surface area contributed by atoms with Gasteiger partial charge in [0.1, 0.15) is 0 Å². The molecule has 0 radical (unpaired) electrons. The van der Waals surface area contributed by atoms with E-state index in [1.54, 1.807) is 0 Å². The molecule has 10 heavy (non-hydrogen) atoms. The van der Waals surface area contributed by atoms with Crippen molar-refractivity contribution in [2.45, 2.75) is 37.9 Å². The number of aliphatic hydroxyl groups excluding tert-OH is 1. The zero-order valence-corrected chi connectivity index (χ0v) is 6.12. The molecule has 1 saturated carbocycles. The van der Waals surface area contributed by atoms with Gasteiger partial charge in [-0.3, -0.25) is 0 Å². The van der Waals surface area contributed by atoms with Crippen molar-refractivity contribution in [3.8, 4) is 0 Å². The normalized spacial score (nSPS) is 41.7. The van der Waals surface area contributed by atoms with E-state index in [-0.39, 0.29) is 6.10 Å². The van der Waals surface area contributed by atoms with Crippen LogP contribution in [0.25, 0.3) is 0 Å². The first kappa shape index (κ1) is 6.62. The number of aliphatic hydroxyl groups is 1. The lowest BCUT2D eigenvalue weighted by molar-refractivity contribution is -0.0526. The van der Waals surface area contributed by atoms with E-state index in [4.69, 9.17) is 4.74 Å². The molecule has 0 aromatic carbocycles. The van der Waals surface area contributed by atoms with Crippen LogP contribution in [0.3, 0.4) is 0 Å². The van der Waals surface area contributed by atoms with Crippen LogP contribution >= 0.6 is 0 Å². The van der Waals surface area contributed by atoms with Crippen LogP contribution in [0, 0.1) is 5.92 Å². The number of rotatable bonds is 1. The molecule has 0 amide bonds. The van der Waals surface area contributed by atoms with E-state index in [1.807, 2.05) is 0 Å². The summed E-state index contributed by atoms with van der Waals surface area (Å²) in [6.45, 7) is 0.766. The van der Waals surface area contributed by atoms with E-state index in [1.165, 1.54) is 12.8 Å². The predicted molar refractivity (Wildman–Crippen MR) is 37.7 cm³/mol. The second-order valence-corrected chi connectivity index (χ2v) is 3.42. The second kappa shape index (κ2) is 2.51. The van der Waals surface area contributed by atoms with Crippen molar-refractivity contribution < 1.29 is 9.84 Å². The summed E-state index contributed by atoms with van der Waals surface area (Å²) in [5.41, 5.74) is 0. The first-order valence-corrected chi connectivity index (χ1v) is 4.16. The maximum Gasteiger partial charge on any atom is 0.0627 e. The predicted octanol–water partition coefficient (Wildman–Crippen LogP) is 0.936. The monoisotopic (exact) mass is 142 g/mol. The minimum absolute atomic E-state index is 0.0839. The van der Waals surface area contributed by atoms with Crippen molar-refractivity contribution in [2.75, 3.05) is 6.61 Å². The van der Waals surface area contributed by atoms with Crippen LogP contribution < -0.4 is 0 Å². The minimum atomic E-state index is -0.0839. The molecule has 2 heteroatoms. The van der Waals surface area contributed by atoms with Crippen molar-refractivity contribution in [1.82, 2.24) is 0 Å². The summed E-state index contributed by atoms with van der Waals surface area (Å²) < 4.78 is 5.51. The van der Waals surface area contributed by atoms with E-state index >= 15 is 0 Å². The summed E-state index contributed by atoms with van der Waals surface area (Å²) in [6, 6.07) is 0. The van der Waals surface area contributed by atoms with Crippen molar-refractivity contribution >= 4 is 0 Å². The fourth-order valence-corrected chi connectivity index (χ4v) is 1.61. The maximum atomic E-state index is 9.28. The lowest BCUT2D eigenvalue weighted by atomic mass is 10.0. The van der Waals surface area contributed by atoms with Crippen LogP contribution in [0.5, 0.6) is 0 Å². The molecule has 0 unspecified atom stereocenters. The zero-order chi connectivity index (χ0) is 6.97. The van der Waals surface area contributed by atoms with E-state index < -0.39 is 0 Å². The molecule has 1 aliphatic heterocycles. The van der Waals surface area contributed by atoms with Crippen LogP contribution in [0.2, 0.25) is 0 Å². The third-order valence-electron chi connectivity index (χ3n) is 2.44. The molecule has 2 fully saturated rings. The van der Waals surface area contributed by atoms with E-state index in [0.29, 0.717) is 6.10 Å². The van der Waals surface area contributed by atoms with Gasteiger partial charge in [0.15, 0.2) is 0 Å². The highest BCUT2D eigenvalue weighted by atomic mass is 16.5. The van der Waals surface area contributed by atoms with Gasteiger partial charge in [-0.05, 0) is 31.6 Å². The SMILES string of the molecule is O[C@H]1CCO[C@@H](C2CC2)C1. The van der Waals surface area contributed by atoms with Gasteiger partial charge in [-0.25, -0.2) is 0 Å². The van der Waals surface area contributed by atoms with Gasteiger partial charge in [0, 0.05) is 6.61 Å². The third kappa shape index (κ3) is 1.32. The molecule has 0 aromatic heterocycles. The summed E-state index contributed by atoms with van der Waals surface area (Å²) in [5, 5.41) is 9.28. The first-order chi connectivity index (χ1) is 4.86. The second-order valence-electron chi connectivity index (χ2n) is 3.42. The summed E-state index contributed by atoms with van der Waals surface area (Å²) in [6.07, 6.45) is 4.66. The molecule has 2 nitrogen and oxygen atoms in total. The molecule has 0 spiro atoms. The van der Waals surface area contributed by atoms with Gasteiger partial charge in [-0.2, -0.15) is 0 Å². The van der Waals surface area contributed by atoms with Gasteiger partial charge in [0.2, 0.25) is 0 Å². The van der Waals surface area contributed by atoms with Crippen LogP contribution in [0.4, 0.5) is 0 Å². The Bertz CT molecular complexity index is 120. The average Bonchev–Trinajstić information content (AvgIpc) is 2.68. The summed E-state index contributed by atoms with van der Waals surface area (Å²) in [7, 11) is 0. The topological polar surface area (TPSA) is 29.5 Å². The van der Waals surface area contributed by atoms with Gasteiger partial charge < -0.3 is 9.84 Å². The van der Waals surface area contributed by atoms with Crippen molar-refractivity contribution in [1.29, 1.82) is 0 Å². The Hall–Kier alpha value is -0.0800. The molecule has 2 rings (SSSR count). The number of hydrogen-bond donors (Lipinski definition) is 1. The summed E-state index contributed by atoms with van der Waals surface area (Å²) in [4.78, 5) is 0. The quantitative estimate of drug-likeness (QED) is 0.590. The standard InChI is InChI=1S/C8H14O2/c9-7-3-4-10-8(5-7)6-1-2-6/h6-9H,1-5H2/t7-,8+/m0/s1. The van der Waals surface area contributed by atoms with E-state index in [2.05, 4.69) is 0 Å². The minimum Gasteiger partial charge on any atom is -0.393 e. The fourth-order valence-electron chi connectivity index (χ4n) is 1.61. The van der Waals surface area contributed by atoms with Crippen molar-refractivity contribution in [2.24, 2.45) is 5.92 Å². The molecule has 1 heterocycles. The van der Waals surface area contributed by atoms with E-state index in [0.717, 1.165) is 25.4 Å². The molecule has 0 aromatic rings. The smallest absolute Gasteiger partial charge is 0.0627 e. The third-order valence-corrected chi connectivity index (χ3v) is 2.44. The van der Waals surface area contributed by atoms with Gasteiger partial charge in [0.25, 0.3) is 0 Å². The highest BCUT2D eigenvalue weighted by molar-refractivity contribution is 4.85. The summed E-state index contributed by atoms with van der Waals surface area (Å²) in [5.74, 6) is 0.787. The van der Waals surface area contributed by atoms with Crippen molar-refractivity contribution in [3.05, 3.63) is 0 Å². The van der Waals surface area contributed by atoms with Gasteiger partial charge >= 0.3 is 0 Å². The van der Waals surface area contributed by atoms with Crippen LogP contribution in [0.1, 0.15) is 25.7 Å². The molecule has 2 atom stereocenters.